The average molecular weight is 647 g/mol. The highest BCUT2D eigenvalue weighted by Gasteiger charge is 2.39. The molecule has 1 N–H and O–H groups in total. The zero-order valence-corrected chi connectivity index (χ0v) is 27.5. The van der Waals surface area contributed by atoms with Crippen molar-refractivity contribution in [1.82, 2.24) is 5.48 Å². The van der Waals surface area contributed by atoms with E-state index in [9.17, 15) is 9.59 Å². The molecule has 2 rings (SSSR count). The van der Waals surface area contributed by atoms with E-state index in [0.717, 1.165) is 11.3 Å². The normalized spacial score (nSPS) is 13.2. The second kappa shape index (κ2) is 15.8. The van der Waals surface area contributed by atoms with Crippen LogP contribution in [-0.4, -0.2) is 46.3 Å². The second-order valence-electron chi connectivity index (χ2n) is 10.8. The predicted octanol–water partition coefficient (Wildman–Crippen LogP) is 8.40. The summed E-state index contributed by atoms with van der Waals surface area (Å²) in [6.07, 6.45) is 0.392. The summed E-state index contributed by atoms with van der Waals surface area (Å²) in [4.78, 5) is 29.7. The number of hydrogen-bond acceptors (Lipinski definition) is 7. The molecule has 0 bridgehead atoms. The zero-order chi connectivity index (χ0) is 30.8. The van der Waals surface area contributed by atoms with Gasteiger partial charge >= 0.3 is 12.1 Å². The van der Waals surface area contributed by atoms with Crippen LogP contribution in [0.2, 0.25) is 33.2 Å². The molecule has 0 aliphatic heterocycles. The van der Waals surface area contributed by atoms with Gasteiger partial charge in [0.05, 0.1) is 35.4 Å². The predicted molar refractivity (Wildman–Crippen MR) is 164 cm³/mol. The summed E-state index contributed by atoms with van der Waals surface area (Å²) < 4.78 is 23.2. The molecule has 0 aliphatic rings. The third-order valence-corrected chi connectivity index (χ3v) is 12.1. The smallest absolute Gasteiger partial charge is 0.441 e. The molecule has 0 radical (unpaired) electrons. The highest BCUT2D eigenvalue weighted by Crippen LogP contribution is 2.38. The van der Waals surface area contributed by atoms with Crippen LogP contribution in [0, 0.1) is 0 Å². The Hall–Kier alpha value is -2.27. The number of rotatable bonds is 13. The Balaban J connectivity index is 1.99. The van der Waals surface area contributed by atoms with Gasteiger partial charge in [-0.2, -0.15) is 0 Å². The lowest BCUT2D eigenvalue weighted by Gasteiger charge is -2.40. The Morgan fingerprint density at radius 2 is 1.68 bits per heavy atom. The van der Waals surface area contributed by atoms with E-state index in [4.69, 9.17) is 58.3 Å². The Morgan fingerprint density at radius 1 is 1.07 bits per heavy atom. The van der Waals surface area contributed by atoms with E-state index in [0.29, 0.717) is 26.1 Å². The SMILES string of the molecule is C=C[C@H](C[C@@H](CCOCc1ccc(OC)cc1)O[Si](C)(C)C(C)(C)C)OC(=O)NOC(=O)c1c(Cl)cc(Cl)cc1Cl. The van der Waals surface area contributed by atoms with Crippen LogP contribution >= 0.6 is 34.8 Å². The number of nitrogens with one attached hydrogen (secondary N) is 1. The van der Waals surface area contributed by atoms with Gasteiger partial charge in [0.1, 0.15) is 11.9 Å². The van der Waals surface area contributed by atoms with Crippen molar-refractivity contribution in [3.8, 4) is 5.75 Å². The fourth-order valence-corrected chi connectivity index (χ4v) is 5.81. The van der Waals surface area contributed by atoms with Crippen molar-refractivity contribution in [1.29, 1.82) is 0 Å². The van der Waals surface area contributed by atoms with E-state index in [1.54, 1.807) is 7.11 Å². The van der Waals surface area contributed by atoms with Crippen molar-refractivity contribution < 1.29 is 33.1 Å². The molecule has 2 aromatic rings. The lowest BCUT2D eigenvalue weighted by atomic mass is 10.1. The van der Waals surface area contributed by atoms with Crippen molar-refractivity contribution in [3.63, 3.8) is 0 Å². The number of benzene rings is 2. The van der Waals surface area contributed by atoms with Crippen LogP contribution in [0.5, 0.6) is 5.75 Å². The van der Waals surface area contributed by atoms with Crippen molar-refractivity contribution in [3.05, 3.63) is 75.2 Å². The fraction of sp³-hybridized carbons (Fsp3) is 0.448. The van der Waals surface area contributed by atoms with Gasteiger partial charge < -0.3 is 23.5 Å². The molecule has 0 unspecified atom stereocenters. The summed E-state index contributed by atoms with van der Waals surface area (Å²) in [5, 5.41) is 0.173. The first-order chi connectivity index (χ1) is 19.2. The molecule has 12 heteroatoms. The summed E-state index contributed by atoms with van der Waals surface area (Å²) in [6.45, 7) is 15.4. The first-order valence-corrected chi connectivity index (χ1v) is 17.0. The molecule has 226 valence electrons. The molecule has 0 saturated carbocycles. The maximum atomic E-state index is 12.4. The van der Waals surface area contributed by atoms with E-state index in [-0.39, 0.29) is 31.8 Å². The van der Waals surface area contributed by atoms with Crippen molar-refractivity contribution in [2.75, 3.05) is 13.7 Å². The van der Waals surface area contributed by atoms with Gasteiger partial charge in [-0.25, -0.2) is 9.59 Å². The number of carbonyl (C=O) groups is 2. The van der Waals surface area contributed by atoms with Gasteiger partial charge in [0.15, 0.2) is 8.32 Å². The number of methoxy groups -OCH3 is 1. The standard InChI is InChI=1S/C29H38Cl3NO7Si/c1-8-21(38-28(35)33-39-27(34)26-24(31)15-20(30)16-25(26)32)17-23(40-41(6,7)29(2,3)4)13-14-37-18-19-9-11-22(36-5)12-10-19/h8-12,15-16,21,23H,1,13-14,17-18H2,2-7H3,(H,33,35)/t21-,23-/m1/s1. The molecule has 0 fully saturated rings. The van der Waals surface area contributed by atoms with Gasteiger partial charge in [-0.1, -0.05) is 80.4 Å². The third-order valence-electron chi connectivity index (χ3n) is 6.73. The number of hydroxylamine groups is 1. The fourth-order valence-electron chi connectivity index (χ4n) is 3.43. The molecule has 41 heavy (non-hydrogen) atoms. The highest BCUT2D eigenvalue weighted by atomic mass is 35.5. The number of ether oxygens (including phenoxy) is 3. The molecular formula is C29H38Cl3NO7Si. The number of carbonyl (C=O) groups excluding carboxylic acids is 2. The van der Waals surface area contributed by atoms with E-state index >= 15 is 0 Å². The van der Waals surface area contributed by atoms with E-state index in [1.165, 1.54) is 18.2 Å². The van der Waals surface area contributed by atoms with E-state index < -0.39 is 26.5 Å². The van der Waals surface area contributed by atoms with Gasteiger partial charge in [0, 0.05) is 18.1 Å². The maximum Gasteiger partial charge on any atom is 0.441 e. The van der Waals surface area contributed by atoms with E-state index in [2.05, 4.69) is 40.4 Å². The van der Waals surface area contributed by atoms with Crippen LogP contribution in [0.4, 0.5) is 4.79 Å². The molecule has 0 aliphatic carbocycles. The Bertz CT molecular complexity index is 1160. The van der Waals surface area contributed by atoms with Gasteiger partial charge in [-0.3, -0.25) is 0 Å². The molecule has 0 saturated heterocycles. The molecule has 0 spiro atoms. The lowest BCUT2D eigenvalue weighted by Crippen LogP contribution is -2.45. The van der Waals surface area contributed by atoms with Gasteiger partial charge in [0.25, 0.3) is 0 Å². The number of halogens is 3. The first-order valence-electron chi connectivity index (χ1n) is 13.0. The third kappa shape index (κ3) is 11.1. The van der Waals surface area contributed by atoms with Crippen LogP contribution in [0.1, 0.15) is 49.5 Å². The average Bonchev–Trinajstić information content (AvgIpc) is 2.88. The van der Waals surface area contributed by atoms with Crippen LogP contribution in [0.25, 0.3) is 0 Å². The summed E-state index contributed by atoms with van der Waals surface area (Å²) >= 11 is 18.0. The highest BCUT2D eigenvalue weighted by molar-refractivity contribution is 6.74. The monoisotopic (exact) mass is 645 g/mol. The van der Waals surface area contributed by atoms with Crippen LogP contribution in [0.3, 0.4) is 0 Å². The van der Waals surface area contributed by atoms with E-state index in [1.807, 2.05) is 29.7 Å². The summed E-state index contributed by atoms with van der Waals surface area (Å²) in [5.74, 6) is -0.194. The first kappa shape index (κ1) is 34.9. The minimum absolute atomic E-state index is 0.0218. The molecule has 2 atom stereocenters. The lowest BCUT2D eigenvalue weighted by molar-refractivity contribution is 0.00964. The van der Waals surface area contributed by atoms with Crippen molar-refractivity contribution in [2.45, 2.75) is 70.6 Å². The van der Waals surface area contributed by atoms with Crippen molar-refractivity contribution >= 4 is 55.2 Å². The summed E-state index contributed by atoms with van der Waals surface area (Å²) in [7, 11) is -0.545. The molecule has 1 amide bonds. The van der Waals surface area contributed by atoms with Gasteiger partial charge in [-0.05, 0) is 54.4 Å². The Kier molecular flexibility index (Phi) is 13.5. The molecule has 0 aromatic heterocycles. The minimum Gasteiger partial charge on any atom is -0.497 e. The maximum absolute atomic E-state index is 12.4. The van der Waals surface area contributed by atoms with Crippen LogP contribution < -0.4 is 10.2 Å². The summed E-state index contributed by atoms with van der Waals surface area (Å²) in [5.41, 5.74) is 2.84. The van der Waals surface area contributed by atoms with Gasteiger partial charge in [0.2, 0.25) is 0 Å². The Labute approximate surface area is 258 Å². The topological polar surface area (TPSA) is 92.3 Å². The second-order valence-corrected chi connectivity index (χ2v) is 16.8. The summed E-state index contributed by atoms with van der Waals surface area (Å²) in [6, 6.07) is 10.3. The largest absolute Gasteiger partial charge is 0.497 e. The number of hydrogen-bond donors (Lipinski definition) is 1. The Morgan fingerprint density at radius 3 is 2.22 bits per heavy atom. The van der Waals surface area contributed by atoms with Gasteiger partial charge in [-0.15, -0.1) is 5.48 Å². The quantitative estimate of drug-likeness (QED) is 0.101. The zero-order valence-electron chi connectivity index (χ0n) is 24.2. The molecular weight excluding hydrogens is 609 g/mol. The minimum atomic E-state index is -2.17. The molecule has 8 nitrogen and oxygen atoms in total. The van der Waals surface area contributed by atoms with Crippen LogP contribution in [0.15, 0.2) is 49.1 Å². The van der Waals surface area contributed by atoms with Crippen molar-refractivity contribution in [2.24, 2.45) is 0 Å². The molecule has 0 heterocycles. The molecule has 2 aromatic carbocycles. The van der Waals surface area contributed by atoms with Crippen LogP contribution in [-0.2, 0) is 25.3 Å². The number of amides is 1.